The molecule has 1 atom stereocenters. The van der Waals surface area contributed by atoms with Gasteiger partial charge in [-0.05, 0) is 18.9 Å². The third kappa shape index (κ3) is 5.01. The smallest absolute Gasteiger partial charge is 0.237 e. The molecule has 2 aliphatic heterocycles. The van der Waals surface area contributed by atoms with E-state index in [9.17, 15) is 13.2 Å². The van der Waals surface area contributed by atoms with Crippen LogP contribution in [0.3, 0.4) is 0 Å². The molecule has 0 aromatic carbocycles. The number of Topliss-reactive ketones (excluding diaryl/α,β-unsaturated/α-hetero) is 1. The molecule has 28 heavy (non-hydrogen) atoms. The van der Waals surface area contributed by atoms with E-state index >= 15 is 0 Å². The average molecular weight is 432 g/mol. The second-order valence-corrected chi connectivity index (χ2v) is 9.33. The fourth-order valence-electron chi connectivity index (χ4n) is 3.49. The first-order valence-corrected chi connectivity index (χ1v) is 11.4. The van der Waals surface area contributed by atoms with Crippen molar-refractivity contribution in [1.82, 2.24) is 14.2 Å². The van der Waals surface area contributed by atoms with E-state index in [0.717, 1.165) is 0 Å². The molecule has 3 rings (SSSR count). The van der Waals surface area contributed by atoms with Gasteiger partial charge in [0.05, 0.1) is 18.2 Å². The third-order valence-corrected chi connectivity index (χ3v) is 7.47. The summed E-state index contributed by atoms with van der Waals surface area (Å²) in [6.45, 7) is 4.09. The van der Waals surface area contributed by atoms with Crippen molar-refractivity contribution in [2.24, 2.45) is 0 Å². The largest absolute Gasteiger partial charge is 0.474 e. The Labute approximate surface area is 170 Å². The van der Waals surface area contributed by atoms with E-state index in [-0.39, 0.29) is 18.3 Å². The van der Waals surface area contributed by atoms with Crippen LogP contribution in [-0.2, 0) is 19.6 Å². The number of ether oxygens (including phenoxy) is 2. The first-order chi connectivity index (χ1) is 13.4. The number of piperidine rings is 1. The number of halogens is 1. The van der Waals surface area contributed by atoms with Crippen LogP contribution in [0.1, 0.15) is 26.2 Å². The minimum Gasteiger partial charge on any atom is -0.474 e. The van der Waals surface area contributed by atoms with Gasteiger partial charge < -0.3 is 9.47 Å². The minimum absolute atomic E-state index is 0.121. The maximum atomic E-state index is 13.2. The Kier molecular flexibility index (Phi) is 7.27. The van der Waals surface area contributed by atoms with E-state index in [4.69, 9.17) is 21.1 Å². The molecule has 1 aromatic rings. The van der Waals surface area contributed by atoms with Crippen LogP contribution in [0.5, 0.6) is 5.88 Å². The number of sulfonamides is 1. The summed E-state index contributed by atoms with van der Waals surface area (Å²) in [4.78, 5) is 18.3. The molecule has 2 fully saturated rings. The van der Waals surface area contributed by atoms with Crippen LogP contribution in [0.15, 0.2) is 18.3 Å². The number of hydrogen-bond acceptors (Lipinski definition) is 7. The van der Waals surface area contributed by atoms with Gasteiger partial charge in [-0.25, -0.2) is 13.4 Å². The number of rotatable bonds is 7. The normalized spacial score (nSPS) is 21.4. The van der Waals surface area contributed by atoms with Crippen molar-refractivity contribution in [3.05, 3.63) is 23.4 Å². The van der Waals surface area contributed by atoms with Crippen molar-refractivity contribution in [2.45, 2.75) is 37.7 Å². The first kappa shape index (κ1) is 21.4. The van der Waals surface area contributed by atoms with E-state index in [0.29, 0.717) is 63.1 Å². The monoisotopic (exact) mass is 431 g/mol. The van der Waals surface area contributed by atoms with Crippen LogP contribution in [0.4, 0.5) is 0 Å². The van der Waals surface area contributed by atoms with E-state index in [2.05, 4.69) is 4.98 Å². The number of pyridine rings is 1. The van der Waals surface area contributed by atoms with Crippen LogP contribution < -0.4 is 4.74 Å². The summed E-state index contributed by atoms with van der Waals surface area (Å²) >= 11 is 5.82. The van der Waals surface area contributed by atoms with E-state index in [1.54, 1.807) is 24.0 Å². The highest BCUT2D eigenvalue weighted by Crippen LogP contribution is 2.24. The third-order valence-electron chi connectivity index (χ3n) is 5.03. The van der Waals surface area contributed by atoms with Crippen molar-refractivity contribution < 1.29 is 22.7 Å². The molecular formula is C18H26ClN3O5S. The molecule has 10 heteroatoms. The molecule has 0 radical (unpaired) electrons. The van der Waals surface area contributed by atoms with Crippen molar-refractivity contribution in [3.63, 3.8) is 0 Å². The number of nitrogens with zero attached hydrogens (tertiary/aromatic N) is 3. The lowest BCUT2D eigenvalue weighted by Gasteiger charge is -2.38. The van der Waals surface area contributed by atoms with Gasteiger partial charge in [0.25, 0.3) is 0 Å². The van der Waals surface area contributed by atoms with Crippen molar-refractivity contribution >= 4 is 27.4 Å². The number of aromatic nitrogens is 1. The van der Waals surface area contributed by atoms with Gasteiger partial charge in [0, 0.05) is 44.9 Å². The van der Waals surface area contributed by atoms with Crippen LogP contribution in [0.2, 0.25) is 5.02 Å². The molecule has 0 spiro atoms. The fraction of sp³-hybridized carbons (Fsp3) is 0.667. The Morgan fingerprint density at radius 1 is 1.29 bits per heavy atom. The van der Waals surface area contributed by atoms with E-state index in [1.165, 1.54) is 10.5 Å². The Bertz CT molecular complexity index is 760. The molecule has 0 bridgehead atoms. The summed E-state index contributed by atoms with van der Waals surface area (Å²) in [6.07, 6.45) is 2.66. The quantitative estimate of drug-likeness (QED) is 0.646. The highest BCUT2D eigenvalue weighted by Gasteiger charge is 2.42. The number of morpholine rings is 1. The zero-order chi connectivity index (χ0) is 20.1. The van der Waals surface area contributed by atoms with E-state index < -0.39 is 15.4 Å². The van der Waals surface area contributed by atoms with Gasteiger partial charge in [-0.1, -0.05) is 18.5 Å². The van der Waals surface area contributed by atoms with E-state index in [1.807, 2.05) is 0 Å². The second-order valence-electron chi connectivity index (χ2n) is 6.90. The second kappa shape index (κ2) is 9.49. The molecule has 0 aliphatic carbocycles. The van der Waals surface area contributed by atoms with Crippen LogP contribution >= 0.6 is 11.6 Å². The highest BCUT2D eigenvalue weighted by atomic mass is 35.5. The minimum atomic E-state index is -3.77. The Morgan fingerprint density at radius 2 is 1.96 bits per heavy atom. The summed E-state index contributed by atoms with van der Waals surface area (Å²) in [6, 6.07) is 3.40. The molecule has 2 saturated heterocycles. The van der Waals surface area contributed by atoms with Gasteiger partial charge >= 0.3 is 0 Å². The zero-order valence-electron chi connectivity index (χ0n) is 15.9. The molecule has 0 amide bonds. The Hall–Kier alpha value is -1.26. The molecule has 156 valence electrons. The summed E-state index contributed by atoms with van der Waals surface area (Å²) in [5.74, 6) is 0.198. The number of carbonyl (C=O) groups excluding carboxylic acids is 1. The predicted molar refractivity (Wildman–Crippen MR) is 105 cm³/mol. The van der Waals surface area contributed by atoms with Crippen LogP contribution in [-0.4, -0.2) is 79.3 Å². The van der Waals surface area contributed by atoms with Crippen molar-refractivity contribution in [1.29, 1.82) is 0 Å². The molecule has 1 unspecified atom stereocenters. The summed E-state index contributed by atoms with van der Waals surface area (Å²) < 4.78 is 39.1. The highest BCUT2D eigenvalue weighted by molar-refractivity contribution is 7.90. The lowest BCUT2D eigenvalue weighted by molar-refractivity contribution is -0.122. The lowest BCUT2D eigenvalue weighted by Crippen LogP contribution is -2.56. The summed E-state index contributed by atoms with van der Waals surface area (Å²) in [5.41, 5.74) is 0. The predicted octanol–water partition coefficient (Wildman–Crippen LogP) is 1.55. The standard InChI is InChI=1S/C18H26ClN3O5S/c1-2-16(23)18(21-9-11-26-12-10-21)28(24,25)22-7-5-15(6-8-22)27-17-4-3-14(19)13-20-17/h3-4,13,15,18H,2,5-12H2,1H3. The SMILES string of the molecule is CCC(=O)C(N1CCOCC1)S(=O)(=O)N1CCC(Oc2ccc(Cl)cn2)CC1. The first-order valence-electron chi connectivity index (χ1n) is 9.53. The molecular weight excluding hydrogens is 406 g/mol. The van der Waals surface area contributed by atoms with Crippen molar-refractivity contribution in [3.8, 4) is 5.88 Å². The average Bonchev–Trinajstić information content (AvgIpc) is 2.71. The number of hydrogen-bond donors (Lipinski definition) is 0. The Morgan fingerprint density at radius 3 is 2.54 bits per heavy atom. The van der Waals surface area contributed by atoms with Gasteiger partial charge in [-0.15, -0.1) is 0 Å². The maximum Gasteiger partial charge on any atom is 0.237 e. The fourth-order valence-corrected chi connectivity index (χ4v) is 5.69. The molecule has 0 saturated carbocycles. The molecule has 3 heterocycles. The maximum absolute atomic E-state index is 13.2. The van der Waals surface area contributed by atoms with Crippen molar-refractivity contribution in [2.75, 3.05) is 39.4 Å². The molecule has 8 nitrogen and oxygen atoms in total. The zero-order valence-corrected chi connectivity index (χ0v) is 17.5. The number of ketones is 1. The molecule has 1 aromatic heterocycles. The lowest BCUT2D eigenvalue weighted by atomic mass is 10.1. The van der Waals surface area contributed by atoms with Gasteiger partial charge in [-0.3, -0.25) is 9.69 Å². The van der Waals surface area contributed by atoms with Gasteiger partial charge in [0.2, 0.25) is 15.9 Å². The van der Waals surface area contributed by atoms with Gasteiger partial charge in [0.1, 0.15) is 6.10 Å². The topological polar surface area (TPSA) is 89.0 Å². The molecule has 0 N–H and O–H groups in total. The van der Waals surface area contributed by atoms with Gasteiger partial charge in [0.15, 0.2) is 11.2 Å². The van der Waals surface area contributed by atoms with Gasteiger partial charge in [-0.2, -0.15) is 4.31 Å². The summed E-state index contributed by atoms with van der Waals surface area (Å²) in [7, 11) is -3.77. The summed E-state index contributed by atoms with van der Waals surface area (Å²) in [5, 5.41) is -0.597. The number of carbonyl (C=O) groups is 1. The molecule has 2 aliphatic rings. The van der Waals surface area contributed by atoms with Crippen LogP contribution in [0, 0.1) is 0 Å². The van der Waals surface area contributed by atoms with Crippen LogP contribution in [0.25, 0.3) is 0 Å². The Balaban J connectivity index is 1.64.